The van der Waals surface area contributed by atoms with Crippen LogP contribution in [0.3, 0.4) is 0 Å². The third kappa shape index (κ3) is 4.62. The summed E-state index contributed by atoms with van der Waals surface area (Å²) in [7, 11) is -3.52. The minimum absolute atomic E-state index is 0.101. The minimum Gasteiger partial charge on any atom is -0.392 e. The summed E-state index contributed by atoms with van der Waals surface area (Å²) >= 11 is 0. The lowest BCUT2D eigenvalue weighted by molar-refractivity contribution is 0.201. The fraction of sp³-hybridized carbons (Fsp3) is 0.250. The van der Waals surface area contributed by atoms with Gasteiger partial charge in [-0.2, -0.15) is 0 Å². The molecule has 0 saturated carbocycles. The Labute approximate surface area is 128 Å². The molecule has 0 fully saturated rings. The molecule has 2 rings (SSSR count). The molecule has 0 saturated heterocycles. The lowest BCUT2D eigenvalue weighted by Gasteiger charge is -2.12. The third-order valence-electron chi connectivity index (χ3n) is 3.26. The molecule has 1 atom stereocenters. The Morgan fingerprint density at radius 2 is 1.50 bits per heavy atom. The first-order valence-corrected chi connectivity index (χ1v) is 8.54. The number of halogens is 1. The summed E-state index contributed by atoms with van der Waals surface area (Å²) in [5.41, 5.74) is 1.65. The van der Waals surface area contributed by atoms with Gasteiger partial charge in [0.15, 0.2) is 9.84 Å². The molecule has 0 spiro atoms. The highest BCUT2D eigenvalue weighted by atomic mass is 32.2. The summed E-state index contributed by atoms with van der Waals surface area (Å²) in [5.74, 6) is -1.07. The van der Waals surface area contributed by atoms with Crippen molar-refractivity contribution in [1.29, 1.82) is 0 Å². The monoisotopic (exact) mass is 324 g/mol. The molecule has 4 nitrogen and oxygen atoms in total. The van der Waals surface area contributed by atoms with Crippen LogP contribution in [0.15, 0.2) is 48.5 Å². The standard InChI is InChI=1S/C16H17FO4S/c17-15-7-5-14(6-8-15)16(19)11-22(20,21)10-13-3-1-12(9-18)2-4-13/h1-8,16,18-19H,9-11H2. The van der Waals surface area contributed by atoms with Gasteiger partial charge in [0.1, 0.15) is 5.82 Å². The van der Waals surface area contributed by atoms with E-state index in [1.54, 1.807) is 24.3 Å². The Bertz CT molecular complexity index is 709. The molecular formula is C16H17FO4S. The highest BCUT2D eigenvalue weighted by molar-refractivity contribution is 7.90. The lowest BCUT2D eigenvalue weighted by atomic mass is 10.1. The van der Waals surface area contributed by atoms with Crippen molar-refractivity contribution < 1.29 is 23.0 Å². The molecule has 0 aliphatic carbocycles. The predicted molar refractivity (Wildman–Crippen MR) is 81.2 cm³/mol. The molecule has 0 radical (unpaired) electrons. The SMILES string of the molecule is O=S(=O)(Cc1ccc(CO)cc1)CC(O)c1ccc(F)cc1. The fourth-order valence-corrected chi connectivity index (χ4v) is 3.57. The molecular weight excluding hydrogens is 307 g/mol. The van der Waals surface area contributed by atoms with E-state index in [0.29, 0.717) is 16.7 Å². The maximum absolute atomic E-state index is 12.8. The van der Waals surface area contributed by atoms with Crippen LogP contribution < -0.4 is 0 Å². The summed E-state index contributed by atoms with van der Waals surface area (Å²) in [6.07, 6.45) is -1.19. The second-order valence-electron chi connectivity index (χ2n) is 5.10. The van der Waals surface area contributed by atoms with Crippen LogP contribution in [0.4, 0.5) is 4.39 Å². The van der Waals surface area contributed by atoms with E-state index in [1.807, 2.05) is 0 Å². The molecule has 0 heterocycles. The van der Waals surface area contributed by atoms with Gasteiger partial charge in [0.05, 0.1) is 24.2 Å². The maximum atomic E-state index is 12.8. The summed E-state index contributed by atoms with van der Waals surface area (Å²) in [6, 6.07) is 11.7. The van der Waals surface area contributed by atoms with Crippen molar-refractivity contribution >= 4 is 9.84 Å². The molecule has 0 amide bonds. The van der Waals surface area contributed by atoms with Crippen molar-refractivity contribution in [2.45, 2.75) is 18.5 Å². The van der Waals surface area contributed by atoms with Gasteiger partial charge in [-0.25, -0.2) is 12.8 Å². The molecule has 0 aliphatic rings. The number of sulfone groups is 1. The van der Waals surface area contributed by atoms with E-state index < -0.39 is 27.5 Å². The van der Waals surface area contributed by atoms with Gasteiger partial charge in [0, 0.05) is 0 Å². The first-order valence-electron chi connectivity index (χ1n) is 6.72. The van der Waals surface area contributed by atoms with E-state index in [4.69, 9.17) is 5.11 Å². The van der Waals surface area contributed by atoms with E-state index in [2.05, 4.69) is 0 Å². The average Bonchev–Trinajstić information content (AvgIpc) is 2.47. The average molecular weight is 324 g/mol. The molecule has 1 unspecified atom stereocenters. The Morgan fingerprint density at radius 3 is 2.05 bits per heavy atom. The second-order valence-corrected chi connectivity index (χ2v) is 7.21. The fourth-order valence-electron chi connectivity index (χ4n) is 2.08. The molecule has 0 bridgehead atoms. The number of rotatable bonds is 6. The van der Waals surface area contributed by atoms with Crippen molar-refractivity contribution in [3.8, 4) is 0 Å². The number of hydrogen-bond acceptors (Lipinski definition) is 4. The van der Waals surface area contributed by atoms with E-state index in [9.17, 15) is 17.9 Å². The Hall–Kier alpha value is -1.76. The van der Waals surface area contributed by atoms with Crippen LogP contribution in [0.2, 0.25) is 0 Å². The van der Waals surface area contributed by atoms with Crippen LogP contribution in [0.25, 0.3) is 0 Å². The van der Waals surface area contributed by atoms with E-state index in [-0.39, 0.29) is 12.4 Å². The number of benzene rings is 2. The van der Waals surface area contributed by atoms with Crippen molar-refractivity contribution in [2.24, 2.45) is 0 Å². The minimum atomic E-state index is -3.52. The molecule has 2 aromatic carbocycles. The van der Waals surface area contributed by atoms with Gasteiger partial charge in [-0.05, 0) is 28.8 Å². The highest BCUT2D eigenvalue weighted by Crippen LogP contribution is 2.18. The first kappa shape index (κ1) is 16.6. The van der Waals surface area contributed by atoms with Gasteiger partial charge in [0.25, 0.3) is 0 Å². The smallest absolute Gasteiger partial charge is 0.157 e. The van der Waals surface area contributed by atoms with Crippen molar-refractivity contribution in [3.05, 3.63) is 71.0 Å². The molecule has 0 aliphatic heterocycles. The van der Waals surface area contributed by atoms with Crippen LogP contribution in [-0.2, 0) is 22.2 Å². The molecule has 2 N–H and O–H groups in total. The Balaban J connectivity index is 2.04. The zero-order valence-corrected chi connectivity index (χ0v) is 12.6. The quantitative estimate of drug-likeness (QED) is 0.852. The Kier molecular flexibility index (Phi) is 5.28. The zero-order valence-electron chi connectivity index (χ0n) is 11.8. The van der Waals surface area contributed by atoms with Gasteiger partial charge in [-0.3, -0.25) is 0 Å². The van der Waals surface area contributed by atoms with Crippen molar-refractivity contribution in [1.82, 2.24) is 0 Å². The maximum Gasteiger partial charge on any atom is 0.157 e. The second kappa shape index (κ2) is 7.00. The predicted octanol–water partition coefficient (Wildman–Crippen LogP) is 1.97. The Morgan fingerprint density at radius 1 is 0.955 bits per heavy atom. The topological polar surface area (TPSA) is 74.6 Å². The third-order valence-corrected chi connectivity index (χ3v) is 4.86. The molecule has 6 heteroatoms. The number of aliphatic hydroxyl groups is 2. The van der Waals surface area contributed by atoms with Crippen LogP contribution in [0.5, 0.6) is 0 Å². The summed E-state index contributed by atoms with van der Waals surface area (Å²) in [5, 5.41) is 18.9. The van der Waals surface area contributed by atoms with Gasteiger partial charge < -0.3 is 10.2 Å². The van der Waals surface area contributed by atoms with Gasteiger partial charge in [-0.1, -0.05) is 36.4 Å². The molecule has 118 valence electrons. The zero-order chi connectivity index (χ0) is 16.2. The van der Waals surface area contributed by atoms with Crippen LogP contribution in [0, 0.1) is 5.82 Å². The summed E-state index contributed by atoms with van der Waals surface area (Å²) in [4.78, 5) is 0. The van der Waals surface area contributed by atoms with Crippen LogP contribution in [0.1, 0.15) is 22.8 Å². The normalized spacial score (nSPS) is 13.0. The highest BCUT2D eigenvalue weighted by Gasteiger charge is 2.19. The van der Waals surface area contributed by atoms with E-state index in [0.717, 1.165) is 0 Å². The van der Waals surface area contributed by atoms with Crippen molar-refractivity contribution in [3.63, 3.8) is 0 Å². The van der Waals surface area contributed by atoms with Gasteiger partial charge in [-0.15, -0.1) is 0 Å². The van der Waals surface area contributed by atoms with Crippen LogP contribution >= 0.6 is 0 Å². The van der Waals surface area contributed by atoms with Crippen molar-refractivity contribution in [2.75, 3.05) is 5.75 Å². The number of aliphatic hydroxyl groups excluding tert-OH is 2. The summed E-state index contributed by atoms with van der Waals surface area (Å²) in [6.45, 7) is -0.101. The van der Waals surface area contributed by atoms with Crippen LogP contribution in [-0.4, -0.2) is 24.4 Å². The summed E-state index contributed by atoms with van der Waals surface area (Å²) < 4.78 is 37.1. The largest absolute Gasteiger partial charge is 0.392 e. The number of hydrogen-bond donors (Lipinski definition) is 2. The van der Waals surface area contributed by atoms with E-state index in [1.165, 1.54) is 24.3 Å². The van der Waals surface area contributed by atoms with E-state index >= 15 is 0 Å². The lowest BCUT2D eigenvalue weighted by Crippen LogP contribution is -2.16. The first-order chi connectivity index (χ1) is 10.4. The molecule has 2 aromatic rings. The molecule has 22 heavy (non-hydrogen) atoms. The molecule has 0 aromatic heterocycles. The van der Waals surface area contributed by atoms with Gasteiger partial charge in [0.2, 0.25) is 0 Å². The van der Waals surface area contributed by atoms with Gasteiger partial charge >= 0.3 is 0 Å².